The summed E-state index contributed by atoms with van der Waals surface area (Å²) in [4.78, 5) is 14.6. The lowest BCUT2D eigenvalue weighted by molar-refractivity contribution is -0.136. The van der Waals surface area contributed by atoms with Crippen molar-refractivity contribution in [2.75, 3.05) is 0 Å². The van der Waals surface area contributed by atoms with Gasteiger partial charge in [-0.1, -0.05) is 11.6 Å². The number of halogens is 1. The van der Waals surface area contributed by atoms with Crippen molar-refractivity contribution in [3.8, 4) is 0 Å². The van der Waals surface area contributed by atoms with Crippen LogP contribution in [-0.2, 0) is 11.2 Å². The molecule has 0 saturated carbocycles. The predicted molar refractivity (Wildman–Crippen MR) is 56.0 cm³/mol. The fourth-order valence-electron chi connectivity index (χ4n) is 1.15. The predicted octanol–water partition coefficient (Wildman–Crippen LogP) is 2.58. The molecule has 72 valence electrons. The minimum absolute atomic E-state index is 0.0308. The Morgan fingerprint density at radius 1 is 1.57 bits per heavy atom. The number of hydrogen-bond donors (Lipinski definition) is 1. The van der Waals surface area contributed by atoms with Gasteiger partial charge in [0.1, 0.15) is 5.01 Å². The van der Waals surface area contributed by atoms with E-state index in [1.54, 1.807) is 18.2 Å². The van der Waals surface area contributed by atoms with E-state index in [1.807, 2.05) is 0 Å². The fraction of sp³-hybridized carbons (Fsp3) is 0.111. The van der Waals surface area contributed by atoms with Crippen molar-refractivity contribution in [1.82, 2.24) is 4.98 Å². The Labute approximate surface area is 89.0 Å². The van der Waals surface area contributed by atoms with E-state index in [2.05, 4.69) is 4.98 Å². The van der Waals surface area contributed by atoms with Gasteiger partial charge in [0.15, 0.2) is 0 Å². The highest BCUT2D eigenvalue weighted by Gasteiger charge is 2.07. The zero-order valence-electron chi connectivity index (χ0n) is 7.03. The molecule has 0 fully saturated rings. The minimum Gasteiger partial charge on any atom is -0.481 e. The largest absolute Gasteiger partial charge is 0.481 e. The van der Waals surface area contributed by atoms with Gasteiger partial charge in [0.2, 0.25) is 0 Å². The molecule has 3 nitrogen and oxygen atoms in total. The van der Waals surface area contributed by atoms with Crippen LogP contribution < -0.4 is 0 Å². The van der Waals surface area contributed by atoms with Gasteiger partial charge in [0.05, 0.1) is 16.6 Å². The summed E-state index contributed by atoms with van der Waals surface area (Å²) in [7, 11) is 0. The number of nitrogens with zero attached hydrogens (tertiary/aromatic N) is 1. The van der Waals surface area contributed by atoms with Gasteiger partial charge < -0.3 is 5.11 Å². The monoisotopic (exact) mass is 227 g/mol. The van der Waals surface area contributed by atoms with Crippen LogP contribution in [0.4, 0.5) is 0 Å². The Bertz CT molecular complexity index is 495. The lowest BCUT2D eigenvalue weighted by Gasteiger charge is -1.86. The summed E-state index contributed by atoms with van der Waals surface area (Å²) in [5.41, 5.74) is 0.802. The van der Waals surface area contributed by atoms with E-state index in [0.29, 0.717) is 10.0 Å². The minimum atomic E-state index is -0.866. The number of fused-ring (bicyclic) bond motifs is 1. The molecular formula is C9H6ClNO2S. The average molecular weight is 228 g/mol. The molecule has 0 spiro atoms. The third-order valence-corrected chi connectivity index (χ3v) is 2.95. The molecule has 0 unspecified atom stereocenters. The van der Waals surface area contributed by atoms with Gasteiger partial charge in [-0.15, -0.1) is 11.3 Å². The van der Waals surface area contributed by atoms with Crippen molar-refractivity contribution in [2.45, 2.75) is 6.42 Å². The second-order valence-electron chi connectivity index (χ2n) is 2.79. The zero-order valence-corrected chi connectivity index (χ0v) is 8.60. The van der Waals surface area contributed by atoms with Gasteiger partial charge in [-0.2, -0.15) is 0 Å². The van der Waals surface area contributed by atoms with Crippen LogP contribution in [0, 0.1) is 0 Å². The second kappa shape index (κ2) is 3.55. The van der Waals surface area contributed by atoms with E-state index >= 15 is 0 Å². The van der Waals surface area contributed by atoms with E-state index < -0.39 is 5.97 Å². The first-order valence-electron chi connectivity index (χ1n) is 3.92. The lowest BCUT2D eigenvalue weighted by atomic mass is 10.3. The van der Waals surface area contributed by atoms with Crippen LogP contribution in [-0.4, -0.2) is 16.1 Å². The number of hydrogen-bond acceptors (Lipinski definition) is 3. The highest BCUT2D eigenvalue weighted by molar-refractivity contribution is 7.18. The number of rotatable bonds is 2. The van der Waals surface area contributed by atoms with Gasteiger partial charge in [0, 0.05) is 5.02 Å². The van der Waals surface area contributed by atoms with E-state index in [-0.39, 0.29) is 6.42 Å². The van der Waals surface area contributed by atoms with E-state index in [9.17, 15) is 4.79 Å². The van der Waals surface area contributed by atoms with Gasteiger partial charge in [-0.05, 0) is 18.2 Å². The van der Waals surface area contributed by atoms with Crippen LogP contribution >= 0.6 is 22.9 Å². The Morgan fingerprint density at radius 3 is 3.07 bits per heavy atom. The smallest absolute Gasteiger partial charge is 0.310 e. The van der Waals surface area contributed by atoms with Crippen LogP contribution in [0.3, 0.4) is 0 Å². The normalized spacial score (nSPS) is 10.6. The standard InChI is InChI=1S/C9H6ClNO2S/c10-5-1-2-6-7(3-5)14-8(11-6)4-9(12)13/h1-3H,4H2,(H,12,13). The van der Waals surface area contributed by atoms with Crippen LogP contribution in [0.1, 0.15) is 5.01 Å². The third kappa shape index (κ3) is 1.86. The number of carboxylic acid groups (broad SMARTS) is 1. The van der Waals surface area contributed by atoms with Gasteiger partial charge in [-0.3, -0.25) is 4.79 Å². The lowest BCUT2D eigenvalue weighted by Crippen LogP contribution is -1.98. The van der Waals surface area contributed by atoms with Crippen molar-refractivity contribution in [3.05, 3.63) is 28.2 Å². The molecule has 0 aliphatic heterocycles. The SMILES string of the molecule is O=C(O)Cc1nc2ccc(Cl)cc2s1. The summed E-state index contributed by atoms with van der Waals surface area (Å²) in [5, 5.41) is 9.84. The van der Waals surface area contributed by atoms with Crippen molar-refractivity contribution in [2.24, 2.45) is 0 Å². The molecule has 0 amide bonds. The molecule has 1 N–H and O–H groups in total. The summed E-state index contributed by atoms with van der Waals surface area (Å²) in [6, 6.07) is 5.33. The van der Waals surface area contributed by atoms with E-state index in [1.165, 1.54) is 11.3 Å². The molecule has 0 bridgehead atoms. The molecule has 1 aromatic heterocycles. The molecular weight excluding hydrogens is 222 g/mol. The van der Waals surface area contributed by atoms with E-state index in [4.69, 9.17) is 16.7 Å². The number of aliphatic carboxylic acids is 1. The molecule has 0 atom stereocenters. The van der Waals surface area contributed by atoms with Crippen molar-refractivity contribution in [1.29, 1.82) is 0 Å². The van der Waals surface area contributed by atoms with E-state index in [0.717, 1.165) is 10.2 Å². The Balaban J connectivity index is 2.46. The van der Waals surface area contributed by atoms with Crippen LogP contribution in [0.25, 0.3) is 10.2 Å². The molecule has 5 heteroatoms. The highest BCUT2D eigenvalue weighted by atomic mass is 35.5. The van der Waals surface area contributed by atoms with Gasteiger partial charge >= 0.3 is 5.97 Å². The van der Waals surface area contributed by atoms with Crippen LogP contribution in [0.15, 0.2) is 18.2 Å². The molecule has 1 aromatic carbocycles. The summed E-state index contributed by atoms with van der Waals surface area (Å²) in [6.45, 7) is 0. The quantitative estimate of drug-likeness (QED) is 0.858. The van der Waals surface area contributed by atoms with Crippen LogP contribution in [0.5, 0.6) is 0 Å². The molecule has 0 saturated heterocycles. The van der Waals surface area contributed by atoms with Crippen molar-refractivity contribution < 1.29 is 9.90 Å². The molecule has 1 heterocycles. The maximum Gasteiger partial charge on any atom is 0.310 e. The number of carbonyl (C=O) groups is 1. The Kier molecular flexibility index (Phi) is 2.39. The average Bonchev–Trinajstić information content (AvgIpc) is 2.44. The number of benzene rings is 1. The molecule has 0 radical (unpaired) electrons. The van der Waals surface area contributed by atoms with Crippen LogP contribution in [0.2, 0.25) is 5.02 Å². The first-order valence-corrected chi connectivity index (χ1v) is 5.11. The maximum atomic E-state index is 10.5. The number of aromatic nitrogens is 1. The van der Waals surface area contributed by atoms with Gasteiger partial charge in [-0.25, -0.2) is 4.98 Å². The fourth-order valence-corrected chi connectivity index (χ4v) is 2.39. The van der Waals surface area contributed by atoms with Gasteiger partial charge in [0.25, 0.3) is 0 Å². The summed E-state index contributed by atoms with van der Waals surface area (Å²) < 4.78 is 0.925. The van der Waals surface area contributed by atoms with Crippen molar-refractivity contribution in [3.63, 3.8) is 0 Å². The van der Waals surface area contributed by atoms with Crippen molar-refractivity contribution >= 4 is 39.1 Å². The highest BCUT2D eigenvalue weighted by Crippen LogP contribution is 2.25. The maximum absolute atomic E-state index is 10.5. The molecule has 0 aliphatic rings. The summed E-state index contributed by atoms with van der Waals surface area (Å²) >= 11 is 7.16. The third-order valence-electron chi connectivity index (χ3n) is 1.70. The zero-order chi connectivity index (χ0) is 10.1. The molecule has 2 rings (SSSR count). The topological polar surface area (TPSA) is 50.2 Å². The number of thiazole rings is 1. The molecule has 0 aliphatic carbocycles. The first-order chi connectivity index (χ1) is 6.65. The molecule has 14 heavy (non-hydrogen) atoms. The first kappa shape index (κ1) is 9.43. The molecule has 2 aromatic rings. The summed E-state index contributed by atoms with van der Waals surface area (Å²) in [6.07, 6.45) is -0.0308. The second-order valence-corrected chi connectivity index (χ2v) is 4.34. The number of carboxylic acids is 1. The Hall–Kier alpha value is -1.13. The summed E-state index contributed by atoms with van der Waals surface area (Å²) in [5.74, 6) is -0.866. The Morgan fingerprint density at radius 2 is 2.36 bits per heavy atom.